The quantitative estimate of drug-likeness (QED) is 0.865. The number of aromatic nitrogens is 1. The van der Waals surface area contributed by atoms with E-state index in [1.807, 2.05) is 0 Å². The van der Waals surface area contributed by atoms with Gasteiger partial charge in [-0.1, -0.05) is 0 Å². The number of carboxylic acids is 1. The molecule has 100 valence electrons. The van der Waals surface area contributed by atoms with E-state index >= 15 is 0 Å². The third kappa shape index (κ3) is 2.30. The lowest BCUT2D eigenvalue weighted by Crippen LogP contribution is -2.06. The van der Waals surface area contributed by atoms with Crippen LogP contribution in [0.25, 0.3) is 10.9 Å². The molecule has 0 aliphatic rings. The number of carbonyl (C=O) groups is 1. The maximum Gasteiger partial charge on any atom is 0.336 e. The summed E-state index contributed by atoms with van der Waals surface area (Å²) in [5, 5.41) is 9.74. The van der Waals surface area contributed by atoms with Gasteiger partial charge in [0.25, 0.3) is 0 Å². The van der Waals surface area contributed by atoms with Crippen LogP contribution in [0.4, 0.5) is 0 Å². The lowest BCUT2D eigenvalue weighted by atomic mass is 10.1. The molecule has 0 bridgehead atoms. The molecule has 6 heteroatoms. The van der Waals surface area contributed by atoms with Gasteiger partial charge < -0.3 is 20.3 Å². The summed E-state index contributed by atoms with van der Waals surface area (Å²) in [5.41, 5.74) is 6.69. The van der Waals surface area contributed by atoms with Crippen LogP contribution >= 0.6 is 0 Å². The van der Waals surface area contributed by atoms with Crippen LogP contribution in [0.15, 0.2) is 18.2 Å². The van der Waals surface area contributed by atoms with Crippen LogP contribution in [0.1, 0.15) is 16.1 Å². The number of benzene rings is 1. The number of pyridine rings is 1. The molecule has 0 amide bonds. The van der Waals surface area contributed by atoms with Crippen molar-refractivity contribution in [3.63, 3.8) is 0 Å². The van der Waals surface area contributed by atoms with Crippen molar-refractivity contribution in [3.8, 4) is 11.5 Å². The van der Waals surface area contributed by atoms with Crippen molar-refractivity contribution in [1.82, 2.24) is 4.98 Å². The molecule has 0 atom stereocenters. The number of hydrogen-bond acceptors (Lipinski definition) is 5. The van der Waals surface area contributed by atoms with Crippen LogP contribution in [-0.4, -0.2) is 30.3 Å². The van der Waals surface area contributed by atoms with Gasteiger partial charge in [-0.15, -0.1) is 0 Å². The molecule has 0 spiro atoms. The van der Waals surface area contributed by atoms with Crippen LogP contribution in [-0.2, 0) is 6.54 Å². The third-order valence-corrected chi connectivity index (χ3v) is 2.81. The summed E-state index contributed by atoms with van der Waals surface area (Å²) in [4.78, 5) is 15.6. The first-order chi connectivity index (χ1) is 9.10. The molecule has 0 fully saturated rings. The molecule has 6 nitrogen and oxygen atoms in total. The molecule has 2 aromatic rings. The van der Waals surface area contributed by atoms with Gasteiger partial charge in [-0.25, -0.2) is 4.79 Å². The number of hydrogen-bond donors (Lipinski definition) is 2. The van der Waals surface area contributed by atoms with Crippen LogP contribution in [0.3, 0.4) is 0 Å². The molecular formula is C13H14N2O4. The van der Waals surface area contributed by atoms with E-state index in [4.69, 9.17) is 15.2 Å². The molecule has 3 N–H and O–H groups in total. The Morgan fingerprint density at radius 3 is 2.42 bits per heavy atom. The summed E-state index contributed by atoms with van der Waals surface area (Å²) in [6.45, 7) is 0.171. The number of carboxylic acid groups (broad SMARTS) is 1. The second-order valence-electron chi connectivity index (χ2n) is 3.89. The predicted molar refractivity (Wildman–Crippen MR) is 69.7 cm³/mol. The zero-order valence-electron chi connectivity index (χ0n) is 10.6. The Bertz CT molecular complexity index is 640. The first-order valence-electron chi connectivity index (χ1n) is 5.59. The van der Waals surface area contributed by atoms with Gasteiger partial charge >= 0.3 is 5.97 Å². The highest BCUT2D eigenvalue weighted by Crippen LogP contribution is 2.33. The summed E-state index contributed by atoms with van der Waals surface area (Å²) in [6.07, 6.45) is 0. The average Bonchev–Trinajstić information content (AvgIpc) is 2.44. The van der Waals surface area contributed by atoms with Gasteiger partial charge in [0.2, 0.25) is 0 Å². The fourth-order valence-corrected chi connectivity index (χ4v) is 1.89. The topological polar surface area (TPSA) is 94.7 Å². The summed E-state index contributed by atoms with van der Waals surface area (Å²) in [5.74, 6) is -0.0814. The number of aromatic carboxylic acids is 1. The average molecular weight is 262 g/mol. The molecular weight excluding hydrogens is 248 g/mol. The third-order valence-electron chi connectivity index (χ3n) is 2.81. The summed E-state index contributed by atoms with van der Waals surface area (Å²) >= 11 is 0. The zero-order chi connectivity index (χ0) is 14.0. The van der Waals surface area contributed by atoms with Crippen LogP contribution in [0.2, 0.25) is 0 Å². The smallest absolute Gasteiger partial charge is 0.336 e. The highest BCUT2D eigenvalue weighted by Gasteiger charge is 2.15. The second-order valence-corrected chi connectivity index (χ2v) is 3.89. The number of ether oxygens (including phenoxy) is 2. The van der Waals surface area contributed by atoms with Gasteiger partial charge in [0.1, 0.15) is 0 Å². The Morgan fingerprint density at radius 1 is 1.26 bits per heavy atom. The van der Waals surface area contributed by atoms with Gasteiger partial charge in [-0.2, -0.15) is 0 Å². The van der Waals surface area contributed by atoms with Crippen molar-refractivity contribution in [2.75, 3.05) is 14.2 Å². The van der Waals surface area contributed by atoms with Crippen molar-refractivity contribution < 1.29 is 19.4 Å². The summed E-state index contributed by atoms with van der Waals surface area (Å²) in [6, 6.07) is 4.71. The monoisotopic (exact) mass is 262 g/mol. The Labute approximate surface area is 109 Å². The van der Waals surface area contributed by atoms with Crippen LogP contribution in [0, 0.1) is 0 Å². The highest BCUT2D eigenvalue weighted by atomic mass is 16.5. The predicted octanol–water partition coefficient (Wildman–Crippen LogP) is 1.41. The minimum Gasteiger partial charge on any atom is -0.493 e. The van der Waals surface area contributed by atoms with Gasteiger partial charge in [0.05, 0.1) is 31.0 Å². The first kappa shape index (κ1) is 13.1. The number of nitrogens with two attached hydrogens (primary N) is 1. The molecule has 0 saturated heterocycles. The Morgan fingerprint density at radius 2 is 1.89 bits per heavy atom. The molecule has 19 heavy (non-hydrogen) atoms. The SMILES string of the molecule is COc1cc2nc(CN)cc(C(=O)O)c2cc1OC. The summed E-state index contributed by atoms with van der Waals surface area (Å²) < 4.78 is 10.3. The fourth-order valence-electron chi connectivity index (χ4n) is 1.89. The van der Waals surface area contributed by atoms with Crippen molar-refractivity contribution >= 4 is 16.9 Å². The number of fused-ring (bicyclic) bond motifs is 1. The molecule has 0 radical (unpaired) electrons. The molecule has 0 aliphatic heterocycles. The number of nitrogens with zero attached hydrogens (tertiary/aromatic N) is 1. The second kappa shape index (κ2) is 5.11. The molecule has 0 saturated carbocycles. The molecule has 0 aliphatic carbocycles. The van der Waals surface area contributed by atoms with E-state index in [1.165, 1.54) is 20.3 Å². The minimum absolute atomic E-state index is 0.145. The first-order valence-corrected chi connectivity index (χ1v) is 5.59. The van der Waals surface area contributed by atoms with Gasteiger partial charge in [0.15, 0.2) is 11.5 Å². The lowest BCUT2D eigenvalue weighted by Gasteiger charge is -2.11. The number of rotatable bonds is 4. The Kier molecular flexibility index (Phi) is 3.52. The van der Waals surface area contributed by atoms with Crippen molar-refractivity contribution in [2.24, 2.45) is 5.73 Å². The van der Waals surface area contributed by atoms with Crippen LogP contribution in [0.5, 0.6) is 11.5 Å². The van der Waals surface area contributed by atoms with Crippen molar-refractivity contribution in [3.05, 3.63) is 29.5 Å². The van der Waals surface area contributed by atoms with Gasteiger partial charge in [-0.3, -0.25) is 4.98 Å². The molecule has 2 rings (SSSR count). The van der Waals surface area contributed by atoms with E-state index < -0.39 is 5.97 Å². The maximum atomic E-state index is 11.3. The van der Waals surface area contributed by atoms with E-state index in [0.29, 0.717) is 28.1 Å². The maximum absolute atomic E-state index is 11.3. The van der Waals surface area contributed by atoms with Gasteiger partial charge in [-0.05, 0) is 12.1 Å². The Hall–Kier alpha value is -2.34. The van der Waals surface area contributed by atoms with Crippen molar-refractivity contribution in [2.45, 2.75) is 6.54 Å². The highest BCUT2D eigenvalue weighted by molar-refractivity contribution is 6.03. The minimum atomic E-state index is -1.03. The molecule has 1 heterocycles. The largest absolute Gasteiger partial charge is 0.493 e. The van der Waals surface area contributed by atoms with E-state index in [-0.39, 0.29) is 12.1 Å². The molecule has 1 aromatic heterocycles. The number of methoxy groups -OCH3 is 2. The van der Waals surface area contributed by atoms with E-state index in [2.05, 4.69) is 4.98 Å². The van der Waals surface area contributed by atoms with E-state index in [9.17, 15) is 9.90 Å². The standard InChI is InChI=1S/C13H14N2O4/c1-18-11-4-8-9(13(16)17)3-7(6-14)15-10(8)5-12(11)19-2/h3-5H,6,14H2,1-2H3,(H,16,17). The van der Waals surface area contributed by atoms with E-state index in [0.717, 1.165) is 0 Å². The Balaban J connectivity index is 2.81. The summed E-state index contributed by atoms with van der Waals surface area (Å²) in [7, 11) is 3.00. The van der Waals surface area contributed by atoms with Gasteiger partial charge in [0, 0.05) is 18.0 Å². The molecule has 0 unspecified atom stereocenters. The van der Waals surface area contributed by atoms with E-state index in [1.54, 1.807) is 12.1 Å². The van der Waals surface area contributed by atoms with Crippen molar-refractivity contribution in [1.29, 1.82) is 0 Å². The normalized spacial score (nSPS) is 10.5. The fraction of sp³-hybridized carbons (Fsp3) is 0.231. The zero-order valence-corrected chi connectivity index (χ0v) is 10.6. The van der Waals surface area contributed by atoms with Crippen LogP contribution < -0.4 is 15.2 Å². The lowest BCUT2D eigenvalue weighted by molar-refractivity contribution is 0.0699. The molecule has 1 aromatic carbocycles.